The minimum Gasteiger partial charge on any atom is -0.368 e. The zero-order chi connectivity index (χ0) is 15.7. The van der Waals surface area contributed by atoms with E-state index in [0.717, 1.165) is 12.1 Å². The van der Waals surface area contributed by atoms with Gasteiger partial charge < -0.3 is 10.7 Å². The van der Waals surface area contributed by atoms with Crippen molar-refractivity contribution in [2.75, 3.05) is 5.73 Å². The Morgan fingerprint density at radius 2 is 1.91 bits per heavy atom. The summed E-state index contributed by atoms with van der Waals surface area (Å²) < 4.78 is 38.5. The molecule has 0 saturated heterocycles. The zero-order valence-electron chi connectivity index (χ0n) is 11.1. The lowest BCUT2D eigenvalue weighted by Crippen LogP contribution is -2.04. The Morgan fingerprint density at radius 1 is 1.09 bits per heavy atom. The highest BCUT2D eigenvalue weighted by Crippen LogP contribution is 2.34. The number of imidazole rings is 1. The smallest absolute Gasteiger partial charge is 0.368 e. The minimum absolute atomic E-state index is 0.0714. The highest BCUT2D eigenvalue weighted by molar-refractivity contribution is 5.76. The Kier molecular flexibility index (Phi) is 3.28. The van der Waals surface area contributed by atoms with Gasteiger partial charge in [0, 0.05) is 11.8 Å². The average molecular weight is 305 g/mol. The summed E-state index contributed by atoms with van der Waals surface area (Å²) in [5.41, 5.74) is 6.43. The summed E-state index contributed by atoms with van der Waals surface area (Å²) in [5.74, 6) is 0.0714. The quantitative estimate of drug-likeness (QED) is 0.762. The van der Waals surface area contributed by atoms with Crippen LogP contribution >= 0.6 is 0 Å². The van der Waals surface area contributed by atoms with Crippen molar-refractivity contribution in [3.8, 4) is 22.6 Å². The molecule has 0 amide bonds. The van der Waals surface area contributed by atoms with E-state index < -0.39 is 11.7 Å². The Labute approximate surface area is 123 Å². The monoisotopic (exact) mass is 305 g/mol. The van der Waals surface area contributed by atoms with Gasteiger partial charge in [0.15, 0.2) is 0 Å². The zero-order valence-corrected chi connectivity index (χ0v) is 11.1. The molecule has 0 radical (unpaired) electrons. The van der Waals surface area contributed by atoms with E-state index in [4.69, 9.17) is 5.73 Å². The van der Waals surface area contributed by atoms with Gasteiger partial charge in [-0.1, -0.05) is 12.1 Å². The normalized spacial score (nSPS) is 11.6. The molecule has 0 fully saturated rings. The number of aromatic nitrogens is 4. The molecule has 3 N–H and O–H groups in total. The van der Waals surface area contributed by atoms with E-state index in [-0.39, 0.29) is 5.95 Å². The standard InChI is InChI=1S/C14H10F3N5/c15-14(16,17)9-3-1-2-8(6-9)11-12(21-7-20-11)10-4-5-19-13(18)22-10/h1-7H,(H,20,21)(H2,18,19,22). The lowest BCUT2D eigenvalue weighted by Gasteiger charge is -2.08. The third kappa shape index (κ3) is 2.62. The highest BCUT2D eigenvalue weighted by Gasteiger charge is 2.30. The van der Waals surface area contributed by atoms with E-state index in [1.54, 1.807) is 12.1 Å². The first-order valence-corrected chi connectivity index (χ1v) is 6.25. The number of nitrogens with two attached hydrogens (primary N) is 1. The molecule has 22 heavy (non-hydrogen) atoms. The van der Waals surface area contributed by atoms with Crippen molar-refractivity contribution >= 4 is 5.95 Å². The van der Waals surface area contributed by atoms with Crippen LogP contribution in [0.2, 0.25) is 0 Å². The van der Waals surface area contributed by atoms with Gasteiger partial charge in [0.25, 0.3) is 0 Å². The van der Waals surface area contributed by atoms with Gasteiger partial charge >= 0.3 is 6.18 Å². The Balaban J connectivity index is 2.10. The molecule has 0 aliphatic rings. The second kappa shape index (κ2) is 5.14. The fraction of sp³-hybridized carbons (Fsp3) is 0.0714. The first kappa shape index (κ1) is 14.1. The van der Waals surface area contributed by atoms with Crippen LogP contribution in [0.5, 0.6) is 0 Å². The Morgan fingerprint density at radius 3 is 2.64 bits per heavy atom. The van der Waals surface area contributed by atoms with Crippen molar-refractivity contribution in [2.24, 2.45) is 0 Å². The van der Waals surface area contributed by atoms with E-state index in [2.05, 4.69) is 19.9 Å². The molecule has 0 atom stereocenters. The molecular formula is C14H10F3N5. The largest absolute Gasteiger partial charge is 0.416 e. The molecule has 0 saturated carbocycles. The van der Waals surface area contributed by atoms with Gasteiger partial charge in [-0.3, -0.25) is 0 Å². The van der Waals surface area contributed by atoms with Crippen molar-refractivity contribution in [3.63, 3.8) is 0 Å². The molecule has 5 nitrogen and oxygen atoms in total. The number of nitrogens with one attached hydrogen (secondary N) is 1. The molecule has 0 bridgehead atoms. The molecule has 0 aliphatic carbocycles. The van der Waals surface area contributed by atoms with Crippen molar-refractivity contribution in [1.82, 2.24) is 19.9 Å². The van der Waals surface area contributed by atoms with Crippen LogP contribution in [0.25, 0.3) is 22.6 Å². The van der Waals surface area contributed by atoms with Crippen LogP contribution in [0.15, 0.2) is 42.9 Å². The van der Waals surface area contributed by atoms with Gasteiger partial charge in [0.1, 0.15) is 0 Å². The number of halogens is 3. The van der Waals surface area contributed by atoms with Crippen molar-refractivity contribution in [1.29, 1.82) is 0 Å². The first-order chi connectivity index (χ1) is 10.4. The summed E-state index contributed by atoms with van der Waals surface area (Å²) in [4.78, 5) is 14.8. The predicted octanol–water partition coefficient (Wildman–Crippen LogP) is 3.13. The molecule has 112 valence electrons. The van der Waals surface area contributed by atoms with Crippen LogP contribution in [0.3, 0.4) is 0 Å². The first-order valence-electron chi connectivity index (χ1n) is 6.25. The number of nitrogens with zero attached hydrogens (tertiary/aromatic N) is 3. The Hall–Kier alpha value is -2.90. The number of H-pyrrole nitrogens is 1. The third-order valence-electron chi connectivity index (χ3n) is 3.03. The number of nitrogen functional groups attached to an aromatic ring is 1. The van der Waals surface area contributed by atoms with Crippen LogP contribution in [-0.4, -0.2) is 19.9 Å². The lowest BCUT2D eigenvalue weighted by molar-refractivity contribution is -0.137. The number of hydrogen-bond acceptors (Lipinski definition) is 4. The molecular weight excluding hydrogens is 295 g/mol. The maximum Gasteiger partial charge on any atom is 0.416 e. The molecule has 3 rings (SSSR count). The van der Waals surface area contributed by atoms with Gasteiger partial charge in [0.2, 0.25) is 5.95 Å². The lowest BCUT2D eigenvalue weighted by atomic mass is 10.1. The number of rotatable bonds is 2. The van der Waals surface area contributed by atoms with Gasteiger partial charge in [-0.2, -0.15) is 13.2 Å². The molecule has 8 heteroatoms. The second-order valence-electron chi connectivity index (χ2n) is 4.50. The van der Waals surface area contributed by atoms with E-state index in [9.17, 15) is 13.2 Å². The summed E-state index contributed by atoms with van der Waals surface area (Å²) in [6.07, 6.45) is -1.55. The number of anilines is 1. The van der Waals surface area contributed by atoms with E-state index in [1.165, 1.54) is 18.6 Å². The van der Waals surface area contributed by atoms with E-state index in [0.29, 0.717) is 22.6 Å². The Bertz CT molecular complexity index is 810. The fourth-order valence-corrected chi connectivity index (χ4v) is 2.06. The van der Waals surface area contributed by atoms with Gasteiger partial charge in [-0.25, -0.2) is 15.0 Å². The van der Waals surface area contributed by atoms with Crippen molar-refractivity contribution < 1.29 is 13.2 Å². The summed E-state index contributed by atoms with van der Waals surface area (Å²) in [6, 6.07) is 6.55. The molecule has 0 unspecified atom stereocenters. The van der Waals surface area contributed by atoms with Crippen LogP contribution in [0.4, 0.5) is 19.1 Å². The maximum atomic E-state index is 12.8. The molecule has 1 aromatic carbocycles. The maximum absolute atomic E-state index is 12.8. The predicted molar refractivity (Wildman–Crippen MR) is 74.5 cm³/mol. The molecule has 3 aromatic rings. The SMILES string of the molecule is Nc1nccc(-c2[nH]cnc2-c2cccc(C(F)(F)F)c2)n1. The van der Waals surface area contributed by atoms with Gasteiger partial charge in [0.05, 0.1) is 29.0 Å². The second-order valence-corrected chi connectivity index (χ2v) is 4.50. The van der Waals surface area contributed by atoms with Crippen LogP contribution in [0.1, 0.15) is 5.56 Å². The molecule has 2 aromatic heterocycles. The van der Waals surface area contributed by atoms with E-state index >= 15 is 0 Å². The summed E-state index contributed by atoms with van der Waals surface area (Å²) >= 11 is 0. The molecule has 0 aliphatic heterocycles. The minimum atomic E-state index is -4.41. The number of hydrogen-bond donors (Lipinski definition) is 2. The number of alkyl halides is 3. The summed E-state index contributed by atoms with van der Waals surface area (Å²) in [5, 5.41) is 0. The third-order valence-corrected chi connectivity index (χ3v) is 3.03. The van der Waals surface area contributed by atoms with Crippen LogP contribution < -0.4 is 5.73 Å². The average Bonchev–Trinajstić information content (AvgIpc) is 2.96. The van der Waals surface area contributed by atoms with Crippen LogP contribution in [0, 0.1) is 0 Å². The van der Waals surface area contributed by atoms with Crippen molar-refractivity contribution in [2.45, 2.75) is 6.18 Å². The number of aromatic amines is 1. The molecule has 2 heterocycles. The fourth-order valence-electron chi connectivity index (χ4n) is 2.06. The van der Waals surface area contributed by atoms with E-state index in [1.807, 2.05) is 0 Å². The summed E-state index contributed by atoms with van der Waals surface area (Å²) in [7, 11) is 0. The van der Waals surface area contributed by atoms with Crippen LogP contribution in [-0.2, 0) is 6.18 Å². The van der Waals surface area contributed by atoms with Gasteiger partial charge in [-0.15, -0.1) is 0 Å². The highest BCUT2D eigenvalue weighted by atomic mass is 19.4. The number of benzene rings is 1. The summed E-state index contributed by atoms with van der Waals surface area (Å²) in [6.45, 7) is 0. The topological polar surface area (TPSA) is 80.5 Å². The van der Waals surface area contributed by atoms with Crippen molar-refractivity contribution in [3.05, 3.63) is 48.4 Å². The van der Waals surface area contributed by atoms with Gasteiger partial charge in [-0.05, 0) is 18.2 Å². The molecule has 0 spiro atoms.